The molecule has 0 aromatic heterocycles. The smallest absolute Gasteiger partial charge is 0.244 e. The quantitative estimate of drug-likeness (QED) is 0.896. The lowest BCUT2D eigenvalue weighted by Crippen LogP contribution is -2.47. The maximum Gasteiger partial charge on any atom is 0.244 e. The van der Waals surface area contributed by atoms with Crippen molar-refractivity contribution in [2.24, 2.45) is 5.73 Å². The summed E-state index contributed by atoms with van der Waals surface area (Å²) < 4.78 is 19.6. The number of carbonyl (C=O) groups excluding carboxylic acids is 1. The average Bonchev–Trinajstić information content (AvgIpc) is 2.97. The summed E-state index contributed by atoms with van der Waals surface area (Å²) in [5.74, 6) is -0.393. The van der Waals surface area contributed by atoms with Gasteiger partial charge in [-0.25, -0.2) is 4.39 Å². The maximum atomic E-state index is 14.3. The van der Waals surface area contributed by atoms with Gasteiger partial charge in [0.05, 0.1) is 13.2 Å². The second-order valence-electron chi connectivity index (χ2n) is 5.91. The second-order valence-corrected chi connectivity index (χ2v) is 5.91. The summed E-state index contributed by atoms with van der Waals surface area (Å²) >= 11 is 0. The van der Waals surface area contributed by atoms with Gasteiger partial charge in [-0.05, 0) is 12.5 Å². The number of amides is 1. The third kappa shape index (κ3) is 3.14. The van der Waals surface area contributed by atoms with E-state index in [2.05, 4.69) is 0 Å². The highest BCUT2D eigenvalue weighted by atomic mass is 19.1. The SMILES string of the molecule is N[C@@H]1CCN(C(=O)[C@H](c2ccccc2F)N2CCOCC2)C1. The molecule has 0 spiro atoms. The Morgan fingerprint density at radius 3 is 2.64 bits per heavy atom. The number of nitrogens with zero attached hydrogens (tertiary/aromatic N) is 2. The number of benzene rings is 1. The first-order valence-electron chi connectivity index (χ1n) is 7.77. The molecule has 0 radical (unpaired) electrons. The van der Waals surface area contributed by atoms with Crippen LogP contribution in [0.15, 0.2) is 24.3 Å². The highest BCUT2D eigenvalue weighted by molar-refractivity contribution is 5.83. The molecule has 2 fully saturated rings. The van der Waals surface area contributed by atoms with Crippen LogP contribution in [0.2, 0.25) is 0 Å². The standard InChI is InChI=1S/C16H22FN3O2/c17-14-4-2-1-3-13(14)15(19-7-9-22-10-8-19)16(21)20-6-5-12(18)11-20/h1-4,12,15H,5-11,18H2/t12-,15+/m1/s1. The highest BCUT2D eigenvalue weighted by Crippen LogP contribution is 2.27. The number of ether oxygens (including phenoxy) is 1. The first-order valence-corrected chi connectivity index (χ1v) is 7.77. The third-order valence-corrected chi connectivity index (χ3v) is 4.38. The fraction of sp³-hybridized carbons (Fsp3) is 0.562. The minimum Gasteiger partial charge on any atom is -0.379 e. The van der Waals surface area contributed by atoms with Crippen LogP contribution >= 0.6 is 0 Å². The van der Waals surface area contributed by atoms with Crippen molar-refractivity contribution in [2.45, 2.75) is 18.5 Å². The molecule has 2 N–H and O–H groups in total. The van der Waals surface area contributed by atoms with Gasteiger partial charge in [0, 0.05) is 37.8 Å². The van der Waals surface area contributed by atoms with Crippen molar-refractivity contribution < 1.29 is 13.9 Å². The van der Waals surface area contributed by atoms with Crippen LogP contribution in [-0.4, -0.2) is 61.1 Å². The van der Waals surface area contributed by atoms with E-state index in [-0.39, 0.29) is 17.8 Å². The fourth-order valence-electron chi connectivity index (χ4n) is 3.18. The van der Waals surface area contributed by atoms with Gasteiger partial charge in [0.25, 0.3) is 0 Å². The van der Waals surface area contributed by atoms with Crippen molar-refractivity contribution >= 4 is 5.91 Å². The molecular formula is C16H22FN3O2. The van der Waals surface area contributed by atoms with E-state index in [9.17, 15) is 9.18 Å². The Hall–Kier alpha value is -1.50. The Morgan fingerprint density at radius 2 is 2.00 bits per heavy atom. The van der Waals surface area contributed by atoms with Crippen LogP contribution in [-0.2, 0) is 9.53 Å². The lowest BCUT2D eigenvalue weighted by molar-refractivity contribution is -0.138. The highest BCUT2D eigenvalue weighted by Gasteiger charge is 2.36. The molecule has 2 atom stereocenters. The van der Waals surface area contributed by atoms with Gasteiger partial charge in [-0.3, -0.25) is 9.69 Å². The van der Waals surface area contributed by atoms with Crippen LogP contribution in [0.5, 0.6) is 0 Å². The van der Waals surface area contributed by atoms with Crippen molar-refractivity contribution in [2.75, 3.05) is 39.4 Å². The van der Waals surface area contributed by atoms with Gasteiger partial charge in [0.1, 0.15) is 11.9 Å². The molecule has 0 aliphatic carbocycles. The summed E-state index contributed by atoms with van der Waals surface area (Å²) in [6, 6.07) is 5.96. The fourth-order valence-corrected chi connectivity index (χ4v) is 3.18. The topological polar surface area (TPSA) is 58.8 Å². The molecule has 2 saturated heterocycles. The summed E-state index contributed by atoms with van der Waals surface area (Å²) in [4.78, 5) is 16.7. The zero-order chi connectivity index (χ0) is 15.5. The molecule has 22 heavy (non-hydrogen) atoms. The summed E-state index contributed by atoms with van der Waals surface area (Å²) in [5.41, 5.74) is 6.35. The molecule has 2 heterocycles. The normalized spacial score (nSPS) is 24.5. The van der Waals surface area contributed by atoms with Crippen LogP contribution in [0.1, 0.15) is 18.0 Å². The monoisotopic (exact) mass is 307 g/mol. The van der Waals surface area contributed by atoms with E-state index in [1.54, 1.807) is 23.1 Å². The van der Waals surface area contributed by atoms with Gasteiger partial charge < -0.3 is 15.4 Å². The van der Waals surface area contributed by atoms with Crippen molar-refractivity contribution in [3.05, 3.63) is 35.6 Å². The molecule has 0 bridgehead atoms. The molecule has 5 nitrogen and oxygen atoms in total. The average molecular weight is 307 g/mol. The third-order valence-electron chi connectivity index (χ3n) is 4.38. The van der Waals surface area contributed by atoms with Crippen LogP contribution in [0, 0.1) is 5.82 Å². The molecule has 2 aliphatic rings. The Balaban J connectivity index is 1.88. The van der Waals surface area contributed by atoms with Gasteiger partial charge in [-0.2, -0.15) is 0 Å². The number of rotatable bonds is 3. The lowest BCUT2D eigenvalue weighted by atomic mass is 10.0. The minimum atomic E-state index is -0.588. The van der Waals surface area contributed by atoms with Crippen LogP contribution in [0.4, 0.5) is 4.39 Å². The van der Waals surface area contributed by atoms with Gasteiger partial charge in [0.15, 0.2) is 0 Å². The van der Waals surface area contributed by atoms with Gasteiger partial charge in [-0.15, -0.1) is 0 Å². The number of morpholine rings is 1. The largest absolute Gasteiger partial charge is 0.379 e. The van der Waals surface area contributed by atoms with Crippen LogP contribution in [0.25, 0.3) is 0 Å². The first kappa shape index (κ1) is 15.4. The molecule has 1 aromatic carbocycles. The van der Waals surface area contributed by atoms with Gasteiger partial charge >= 0.3 is 0 Å². The van der Waals surface area contributed by atoms with Gasteiger partial charge in [-0.1, -0.05) is 18.2 Å². The number of nitrogens with two attached hydrogens (primary N) is 1. The molecule has 120 valence electrons. The van der Waals surface area contributed by atoms with Crippen molar-refractivity contribution in [3.8, 4) is 0 Å². The summed E-state index contributed by atoms with van der Waals surface area (Å²) in [6.07, 6.45) is 0.804. The van der Waals surface area contributed by atoms with Crippen LogP contribution < -0.4 is 5.73 Å². The zero-order valence-corrected chi connectivity index (χ0v) is 12.6. The maximum absolute atomic E-state index is 14.3. The lowest BCUT2D eigenvalue weighted by Gasteiger charge is -2.36. The number of hydrogen-bond acceptors (Lipinski definition) is 4. The van der Waals surface area contributed by atoms with Gasteiger partial charge in [0.2, 0.25) is 5.91 Å². The van der Waals surface area contributed by atoms with E-state index in [4.69, 9.17) is 10.5 Å². The van der Waals surface area contributed by atoms with E-state index in [0.29, 0.717) is 45.0 Å². The van der Waals surface area contributed by atoms with E-state index in [1.807, 2.05) is 4.90 Å². The van der Waals surface area contributed by atoms with E-state index >= 15 is 0 Å². The Bertz CT molecular complexity index is 534. The number of carbonyl (C=O) groups is 1. The molecule has 1 amide bonds. The summed E-state index contributed by atoms with van der Waals surface area (Å²) in [6.45, 7) is 3.59. The predicted molar refractivity (Wildman–Crippen MR) is 80.7 cm³/mol. The molecule has 2 aliphatic heterocycles. The molecular weight excluding hydrogens is 285 g/mol. The minimum absolute atomic E-state index is 0.0231. The number of halogens is 1. The Kier molecular flexibility index (Phi) is 4.71. The van der Waals surface area contributed by atoms with Crippen molar-refractivity contribution in [3.63, 3.8) is 0 Å². The number of likely N-dealkylation sites (tertiary alicyclic amines) is 1. The van der Waals surface area contributed by atoms with E-state index < -0.39 is 6.04 Å². The second kappa shape index (κ2) is 6.73. The molecule has 0 saturated carbocycles. The first-order chi connectivity index (χ1) is 10.7. The summed E-state index contributed by atoms with van der Waals surface area (Å²) in [7, 11) is 0. The predicted octanol–water partition coefficient (Wildman–Crippen LogP) is 0.759. The van der Waals surface area contributed by atoms with E-state index in [0.717, 1.165) is 6.42 Å². The molecule has 3 rings (SSSR count). The number of hydrogen-bond donors (Lipinski definition) is 1. The van der Waals surface area contributed by atoms with Crippen molar-refractivity contribution in [1.82, 2.24) is 9.80 Å². The molecule has 6 heteroatoms. The molecule has 0 unspecified atom stereocenters. The Labute approximate surface area is 129 Å². The van der Waals surface area contributed by atoms with Crippen molar-refractivity contribution in [1.29, 1.82) is 0 Å². The summed E-state index contributed by atoms with van der Waals surface area (Å²) in [5, 5.41) is 0. The van der Waals surface area contributed by atoms with Crippen LogP contribution in [0.3, 0.4) is 0 Å². The van der Waals surface area contributed by atoms with E-state index in [1.165, 1.54) is 6.07 Å². The molecule has 1 aromatic rings. The zero-order valence-electron chi connectivity index (χ0n) is 12.6. The Morgan fingerprint density at radius 1 is 1.27 bits per heavy atom.